The van der Waals surface area contributed by atoms with Crippen LogP contribution in [0.5, 0.6) is 11.5 Å². The Kier molecular flexibility index (Phi) is 16.6. The van der Waals surface area contributed by atoms with Gasteiger partial charge in [-0.05, 0) is 110 Å². The van der Waals surface area contributed by atoms with Crippen LogP contribution in [0, 0.1) is 35.3 Å². The number of fused-ring (bicyclic) bond motifs is 2. The molecular formula is C54H68F2N2O8. The van der Waals surface area contributed by atoms with Gasteiger partial charge in [0.05, 0.1) is 24.8 Å². The lowest BCUT2D eigenvalue weighted by Crippen LogP contribution is -2.70. The zero-order valence-electron chi connectivity index (χ0n) is 38.3. The summed E-state index contributed by atoms with van der Waals surface area (Å²) in [6, 6.07) is 17.9. The van der Waals surface area contributed by atoms with Gasteiger partial charge in [-0.3, -0.25) is 4.79 Å². The van der Waals surface area contributed by atoms with Crippen molar-refractivity contribution in [2.45, 2.75) is 140 Å². The summed E-state index contributed by atoms with van der Waals surface area (Å²) in [5, 5.41) is 25.0. The van der Waals surface area contributed by atoms with Crippen LogP contribution in [0.1, 0.15) is 125 Å². The number of hydrogen-bond donors (Lipinski definition) is 2. The molecule has 3 fully saturated rings. The smallest absolute Gasteiger partial charge is 0.239 e. The Morgan fingerprint density at radius 1 is 0.924 bits per heavy atom. The summed E-state index contributed by atoms with van der Waals surface area (Å²) in [5.41, 5.74) is 3.73. The van der Waals surface area contributed by atoms with Gasteiger partial charge in [0.2, 0.25) is 18.0 Å². The van der Waals surface area contributed by atoms with E-state index in [2.05, 4.69) is 12.7 Å². The molecule has 0 spiro atoms. The molecule has 10 nitrogen and oxygen atoms in total. The Morgan fingerprint density at radius 3 is 2.44 bits per heavy atom. The number of rotatable bonds is 22. The van der Waals surface area contributed by atoms with Gasteiger partial charge in [-0.1, -0.05) is 86.2 Å². The third kappa shape index (κ3) is 11.0. The molecule has 12 heteroatoms. The summed E-state index contributed by atoms with van der Waals surface area (Å²) in [7, 11) is 0. The van der Waals surface area contributed by atoms with Crippen molar-refractivity contribution in [3.63, 3.8) is 0 Å². The van der Waals surface area contributed by atoms with Crippen LogP contribution in [0.2, 0.25) is 0 Å². The van der Waals surface area contributed by atoms with Crippen LogP contribution in [0.25, 0.3) is 0 Å². The molecule has 0 radical (unpaired) electrons. The van der Waals surface area contributed by atoms with E-state index in [0.29, 0.717) is 61.0 Å². The quantitative estimate of drug-likeness (QED) is 0.0581. The highest BCUT2D eigenvalue weighted by Gasteiger charge is 2.65. The molecule has 66 heavy (non-hydrogen) atoms. The maximum atomic E-state index is 15.2. The van der Waals surface area contributed by atoms with Crippen molar-refractivity contribution in [1.82, 2.24) is 4.90 Å². The predicted octanol–water partition coefficient (Wildman–Crippen LogP) is 10.7. The highest BCUT2D eigenvalue weighted by molar-refractivity contribution is 6.03. The van der Waals surface area contributed by atoms with Crippen LogP contribution in [0.15, 0.2) is 96.2 Å². The SMILES string of the molecule is C=CCO[C@@]12Oc3ccc(OCc4ccccc4F)cc3[C@H]3[C@H](CCCCO)[C@@H](CCCCO)C=C(C(=NOC4CCCCO4)C[C@@H]1N(Cc1ccc(F)cc1)C(=O)CCC1CCCC1)[C@H]32. The van der Waals surface area contributed by atoms with Crippen LogP contribution in [-0.4, -0.2) is 71.3 Å². The minimum Gasteiger partial charge on any atom is -0.489 e. The van der Waals surface area contributed by atoms with Gasteiger partial charge in [0, 0.05) is 56.1 Å². The van der Waals surface area contributed by atoms with E-state index in [9.17, 15) is 19.0 Å². The number of amides is 1. The van der Waals surface area contributed by atoms with Crippen molar-refractivity contribution < 1.29 is 47.6 Å². The molecule has 1 unspecified atom stereocenters. The first-order valence-electron chi connectivity index (χ1n) is 24.6. The highest BCUT2D eigenvalue weighted by Crippen LogP contribution is 2.62. The van der Waals surface area contributed by atoms with Crippen LogP contribution in [-0.2, 0) is 32.3 Å². The summed E-state index contributed by atoms with van der Waals surface area (Å²) in [6.07, 6.45) is 16.5. The Bertz CT molecular complexity index is 2140. The molecular weight excluding hydrogens is 843 g/mol. The van der Waals surface area contributed by atoms with E-state index in [0.717, 1.165) is 74.5 Å². The second-order valence-corrected chi connectivity index (χ2v) is 18.9. The standard InChI is InChI=1S/C54H68F2N2O8/c1-2-30-64-54-49(58(35-38-20-23-41(55)24-21-38)50(61)27-22-37-13-3-4-14-37)34-47(57-66-51-19-9-12-31-62-51)44-32-39(15-7-10-28-59)43(17-8-11-29-60)52(53(44)54)45-33-42(25-26-48(45)65-54)63-36-40-16-5-6-18-46(40)56/h2,5-6,16,18,20-21,23-26,32-33,37,39,43,49,51-53,59-60H,1,3-4,7-15,17,19,22,27-31,34-36H2/t39-,43+,49-,51?,52+,53+,54+/m0/s1. The molecule has 8 rings (SSSR count). The first-order chi connectivity index (χ1) is 32.3. The van der Waals surface area contributed by atoms with Crippen molar-refractivity contribution in [1.29, 1.82) is 0 Å². The van der Waals surface area contributed by atoms with E-state index in [4.69, 9.17) is 28.9 Å². The van der Waals surface area contributed by atoms with E-state index in [1.165, 1.54) is 31.0 Å². The molecule has 3 aromatic rings. The van der Waals surface area contributed by atoms with Crippen molar-refractivity contribution in [3.05, 3.63) is 119 Å². The normalized spacial score (nSPS) is 26.5. The molecule has 2 N–H and O–H groups in total. The summed E-state index contributed by atoms with van der Waals surface area (Å²) < 4.78 is 56.3. The van der Waals surface area contributed by atoms with Gasteiger partial charge in [-0.25, -0.2) is 8.78 Å². The number of carbonyl (C=O) groups is 1. The minimum absolute atomic E-state index is 0.00591. The van der Waals surface area contributed by atoms with Gasteiger partial charge in [0.15, 0.2) is 0 Å². The molecule has 0 aromatic heterocycles. The summed E-state index contributed by atoms with van der Waals surface area (Å²) in [6.45, 7) is 5.15. The zero-order valence-corrected chi connectivity index (χ0v) is 38.3. The number of carbonyl (C=O) groups excluding carboxylic acids is 1. The Hall–Kier alpha value is -4.62. The number of unbranched alkanes of at least 4 members (excludes halogenated alkanes) is 2. The molecule has 0 bridgehead atoms. The monoisotopic (exact) mass is 910 g/mol. The molecule has 2 saturated carbocycles. The zero-order chi connectivity index (χ0) is 45.9. The lowest BCUT2D eigenvalue weighted by molar-refractivity contribution is -0.258. The number of ether oxygens (including phenoxy) is 4. The number of aliphatic hydroxyl groups is 2. The predicted molar refractivity (Wildman–Crippen MR) is 249 cm³/mol. The molecule has 1 saturated heterocycles. The highest BCUT2D eigenvalue weighted by atomic mass is 19.1. The fourth-order valence-corrected chi connectivity index (χ4v) is 11.4. The van der Waals surface area contributed by atoms with Crippen LogP contribution >= 0.6 is 0 Å². The van der Waals surface area contributed by atoms with Crippen LogP contribution in [0.4, 0.5) is 8.78 Å². The van der Waals surface area contributed by atoms with Gasteiger partial charge in [0.25, 0.3) is 0 Å². The molecule has 2 aliphatic heterocycles. The average Bonchev–Trinajstić information content (AvgIpc) is 3.87. The second-order valence-electron chi connectivity index (χ2n) is 18.9. The van der Waals surface area contributed by atoms with Gasteiger partial charge in [-0.15, -0.1) is 6.58 Å². The largest absolute Gasteiger partial charge is 0.489 e. The summed E-state index contributed by atoms with van der Waals surface area (Å²) in [5.74, 6) is -1.32. The maximum absolute atomic E-state index is 15.2. The third-order valence-electron chi connectivity index (χ3n) is 14.6. The van der Waals surface area contributed by atoms with E-state index >= 15 is 4.79 Å². The van der Waals surface area contributed by atoms with Crippen molar-refractivity contribution >= 4 is 11.6 Å². The number of oxime groups is 1. The van der Waals surface area contributed by atoms with Gasteiger partial charge in [0.1, 0.15) is 35.8 Å². The molecule has 5 aliphatic rings. The lowest BCUT2D eigenvalue weighted by Gasteiger charge is -2.60. The summed E-state index contributed by atoms with van der Waals surface area (Å²) >= 11 is 0. The summed E-state index contributed by atoms with van der Waals surface area (Å²) in [4.78, 5) is 23.4. The fraction of sp³-hybridized carbons (Fsp3) is 0.556. The average molecular weight is 911 g/mol. The number of benzene rings is 3. The number of hydrogen-bond acceptors (Lipinski definition) is 9. The molecule has 2 heterocycles. The number of allylic oxidation sites excluding steroid dienone is 1. The first kappa shape index (κ1) is 47.9. The molecule has 7 atom stereocenters. The van der Waals surface area contributed by atoms with E-state index in [1.54, 1.807) is 36.4 Å². The molecule has 1 amide bonds. The van der Waals surface area contributed by atoms with Gasteiger partial charge >= 0.3 is 0 Å². The van der Waals surface area contributed by atoms with Gasteiger partial charge in [-0.2, -0.15) is 0 Å². The van der Waals surface area contributed by atoms with E-state index in [1.807, 2.05) is 23.1 Å². The van der Waals surface area contributed by atoms with E-state index in [-0.39, 0.29) is 74.7 Å². The van der Waals surface area contributed by atoms with Crippen molar-refractivity contribution in [3.8, 4) is 11.5 Å². The first-order valence-corrected chi connectivity index (χ1v) is 24.6. The number of halogens is 2. The van der Waals surface area contributed by atoms with Gasteiger partial charge < -0.3 is 38.9 Å². The Morgan fingerprint density at radius 2 is 1.70 bits per heavy atom. The Balaban J connectivity index is 1.31. The molecule has 3 aliphatic carbocycles. The molecule has 3 aromatic carbocycles. The fourth-order valence-electron chi connectivity index (χ4n) is 11.4. The lowest BCUT2D eigenvalue weighted by atomic mass is 9.55. The number of nitrogens with zero attached hydrogens (tertiary/aromatic N) is 2. The van der Waals surface area contributed by atoms with Crippen LogP contribution in [0.3, 0.4) is 0 Å². The van der Waals surface area contributed by atoms with Crippen molar-refractivity contribution in [2.24, 2.45) is 28.8 Å². The topological polar surface area (TPSA) is 119 Å². The third-order valence-corrected chi connectivity index (χ3v) is 14.6. The van der Waals surface area contributed by atoms with E-state index < -0.39 is 24.0 Å². The van der Waals surface area contributed by atoms with Crippen LogP contribution < -0.4 is 9.47 Å². The van der Waals surface area contributed by atoms with Crippen molar-refractivity contribution in [2.75, 3.05) is 26.4 Å². The minimum atomic E-state index is -1.46. The molecule has 356 valence electrons. The maximum Gasteiger partial charge on any atom is 0.239 e. The second kappa shape index (κ2) is 22.9. The Labute approximate surface area is 389 Å². The number of aliphatic hydroxyl groups excluding tert-OH is 2.